The summed E-state index contributed by atoms with van der Waals surface area (Å²) in [6.07, 6.45) is 0.980. The van der Waals surface area contributed by atoms with Gasteiger partial charge >= 0.3 is 0 Å². The highest BCUT2D eigenvalue weighted by atomic mass is 127. The molecule has 2 aliphatic heterocycles. The maximum absolute atomic E-state index is 12.5. The van der Waals surface area contributed by atoms with E-state index in [4.69, 9.17) is 0 Å². The van der Waals surface area contributed by atoms with Gasteiger partial charge in [0.2, 0.25) is 5.91 Å². The minimum atomic E-state index is -3.06. The molecule has 5 nitrogen and oxygen atoms in total. The number of hydrogen-bond acceptors (Lipinski definition) is 4. The number of benzene rings is 2. The van der Waals surface area contributed by atoms with Gasteiger partial charge in [-0.05, 0) is 52.8 Å². The zero-order chi connectivity index (χ0) is 19.7. The lowest BCUT2D eigenvalue weighted by atomic mass is 10.1. The Bertz CT molecular complexity index is 1020. The van der Waals surface area contributed by atoms with Crippen molar-refractivity contribution >= 4 is 61.0 Å². The number of halogens is 1. The lowest BCUT2D eigenvalue weighted by molar-refractivity contribution is -0.117. The van der Waals surface area contributed by atoms with Crippen LogP contribution in [0.5, 0.6) is 0 Å². The molecule has 0 bridgehead atoms. The number of rotatable bonds is 4. The highest BCUT2D eigenvalue weighted by molar-refractivity contribution is 14.1. The summed E-state index contributed by atoms with van der Waals surface area (Å²) in [5.41, 5.74) is 1.99. The van der Waals surface area contributed by atoms with Crippen LogP contribution in [0.15, 0.2) is 59.6 Å². The first-order chi connectivity index (χ1) is 13.4. The van der Waals surface area contributed by atoms with Crippen LogP contribution in [0.2, 0.25) is 0 Å². The molecule has 0 radical (unpaired) electrons. The van der Waals surface area contributed by atoms with Gasteiger partial charge in [0.1, 0.15) is 0 Å². The van der Waals surface area contributed by atoms with E-state index in [-0.39, 0.29) is 28.7 Å². The molecule has 2 fully saturated rings. The number of thioether (sulfide) groups is 1. The van der Waals surface area contributed by atoms with Crippen LogP contribution < -0.4 is 4.90 Å². The maximum Gasteiger partial charge on any atom is 0.248 e. The average Bonchev–Trinajstić information content (AvgIpc) is 3.11. The molecule has 2 heterocycles. The molecule has 1 amide bonds. The van der Waals surface area contributed by atoms with Crippen LogP contribution >= 0.6 is 34.4 Å². The molecule has 146 valence electrons. The van der Waals surface area contributed by atoms with Crippen molar-refractivity contribution in [2.75, 3.05) is 16.4 Å². The fourth-order valence-corrected chi connectivity index (χ4v) is 8.01. The number of carbonyl (C=O) groups excluding carboxylic acids is 1. The van der Waals surface area contributed by atoms with Crippen LogP contribution in [0, 0.1) is 3.57 Å². The second kappa shape index (κ2) is 8.16. The quantitative estimate of drug-likeness (QED) is 0.571. The molecule has 0 spiro atoms. The van der Waals surface area contributed by atoms with Crippen molar-refractivity contribution in [2.45, 2.75) is 24.1 Å². The molecular weight excluding hydrogens is 507 g/mol. The highest BCUT2D eigenvalue weighted by Crippen LogP contribution is 2.41. The molecule has 0 unspecified atom stereocenters. The first kappa shape index (κ1) is 19.9. The van der Waals surface area contributed by atoms with Gasteiger partial charge in [0.25, 0.3) is 0 Å². The van der Waals surface area contributed by atoms with Crippen molar-refractivity contribution in [1.29, 1.82) is 0 Å². The first-order valence-electron chi connectivity index (χ1n) is 8.99. The zero-order valence-electron chi connectivity index (χ0n) is 15.0. The van der Waals surface area contributed by atoms with Crippen LogP contribution in [0.1, 0.15) is 12.0 Å². The van der Waals surface area contributed by atoms with E-state index in [0.29, 0.717) is 18.0 Å². The molecule has 2 aromatic rings. The molecule has 0 aliphatic carbocycles. The van der Waals surface area contributed by atoms with Crippen molar-refractivity contribution in [3.05, 3.63) is 63.7 Å². The van der Waals surface area contributed by atoms with Crippen LogP contribution in [0.25, 0.3) is 0 Å². The molecule has 2 aromatic carbocycles. The number of nitrogens with zero attached hydrogens (tertiary/aromatic N) is 2. The molecule has 2 saturated heterocycles. The third-order valence-electron chi connectivity index (χ3n) is 4.84. The summed E-state index contributed by atoms with van der Waals surface area (Å²) >= 11 is 3.65. The number of fused-ring (bicyclic) bond motifs is 1. The van der Waals surface area contributed by atoms with E-state index >= 15 is 0 Å². The Morgan fingerprint density at radius 2 is 1.93 bits per heavy atom. The monoisotopic (exact) mass is 526 g/mol. The minimum Gasteiger partial charge on any atom is -0.316 e. The third kappa shape index (κ3) is 4.44. The standard InChI is InChI=1S/C20H19IN2O3S2/c21-15-7-4-8-16(11-15)23-17-12-28(25,26)13-18(17)27-20(23)22-19(24)10-9-14-5-2-1-3-6-14/h1-8,11,17-18H,9-10,12-13H2/t17-,18+/m1/s1. The van der Waals surface area contributed by atoms with Gasteiger partial charge in [0.15, 0.2) is 15.0 Å². The highest BCUT2D eigenvalue weighted by Gasteiger charge is 2.49. The Morgan fingerprint density at radius 3 is 2.68 bits per heavy atom. The number of hydrogen-bond donors (Lipinski definition) is 0. The summed E-state index contributed by atoms with van der Waals surface area (Å²) in [5.74, 6) is 0.0673. The number of amides is 1. The van der Waals surface area contributed by atoms with E-state index in [9.17, 15) is 13.2 Å². The van der Waals surface area contributed by atoms with Crippen molar-refractivity contribution in [3.63, 3.8) is 0 Å². The van der Waals surface area contributed by atoms with Crippen molar-refractivity contribution in [2.24, 2.45) is 4.99 Å². The second-order valence-electron chi connectivity index (χ2n) is 6.92. The third-order valence-corrected chi connectivity index (χ3v) is 8.72. The van der Waals surface area contributed by atoms with Crippen LogP contribution in [0.3, 0.4) is 0 Å². The van der Waals surface area contributed by atoms with Gasteiger partial charge in [-0.25, -0.2) is 8.42 Å². The predicted octanol–water partition coefficient (Wildman–Crippen LogP) is 3.53. The van der Waals surface area contributed by atoms with E-state index in [1.807, 2.05) is 59.5 Å². The molecule has 0 aromatic heterocycles. The summed E-state index contributed by atoms with van der Waals surface area (Å²) in [7, 11) is -3.06. The second-order valence-corrected chi connectivity index (χ2v) is 11.5. The van der Waals surface area contributed by atoms with Crippen molar-refractivity contribution < 1.29 is 13.2 Å². The average molecular weight is 526 g/mol. The van der Waals surface area contributed by atoms with Crippen molar-refractivity contribution in [3.8, 4) is 0 Å². The van der Waals surface area contributed by atoms with E-state index in [2.05, 4.69) is 27.6 Å². The molecular formula is C20H19IN2O3S2. The minimum absolute atomic E-state index is 0.0801. The van der Waals surface area contributed by atoms with Gasteiger partial charge < -0.3 is 4.90 Å². The molecule has 0 saturated carbocycles. The molecule has 0 N–H and O–H groups in total. The largest absolute Gasteiger partial charge is 0.316 e. The van der Waals surface area contributed by atoms with Crippen molar-refractivity contribution in [1.82, 2.24) is 0 Å². The van der Waals surface area contributed by atoms with Gasteiger partial charge in [-0.3, -0.25) is 4.79 Å². The van der Waals surface area contributed by atoms with Gasteiger partial charge in [-0.1, -0.05) is 48.2 Å². The summed E-state index contributed by atoms with van der Waals surface area (Å²) in [6.45, 7) is 0. The lowest BCUT2D eigenvalue weighted by Gasteiger charge is -2.24. The maximum atomic E-state index is 12.5. The number of carbonyl (C=O) groups is 1. The Hall–Kier alpha value is -1.39. The van der Waals surface area contributed by atoms with Gasteiger partial charge in [-0.2, -0.15) is 4.99 Å². The SMILES string of the molecule is O=C(CCc1ccccc1)N=C1S[C@H]2CS(=O)(=O)C[C@H]2N1c1cccc(I)c1. The van der Waals surface area contributed by atoms with Crippen LogP contribution in [0.4, 0.5) is 5.69 Å². The predicted molar refractivity (Wildman–Crippen MR) is 123 cm³/mol. The van der Waals surface area contributed by atoms with E-state index in [1.54, 1.807) is 0 Å². The number of anilines is 1. The summed E-state index contributed by atoms with van der Waals surface area (Å²) in [6, 6.07) is 17.6. The normalized spacial score (nSPS) is 24.5. The smallest absolute Gasteiger partial charge is 0.248 e. The Balaban J connectivity index is 1.58. The summed E-state index contributed by atoms with van der Waals surface area (Å²) in [4.78, 5) is 18.8. The van der Waals surface area contributed by atoms with Gasteiger partial charge in [0.05, 0.1) is 17.5 Å². The van der Waals surface area contributed by atoms with Crippen LogP contribution in [-0.2, 0) is 21.1 Å². The molecule has 2 aliphatic rings. The Kier molecular flexibility index (Phi) is 5.80. The summed E-state index contributed by atoms with van der Waals surface area (Å²) < 4.78 is 25.3. The fraction of sp³-hybridized carbons (Fsp3) is 0.300. The molecule has 8 heteroatoms. The number of amidine groups is 1. The van der Waals surface area contributed by atoms with E-state index in [0.717, 1.165) is 14.8 Å². The van der Waals surface area contributed by atoms with Gasteiger partial charge in [-0.15, -0.1) is 0 Å². The van der Waals surface area contributed by atoms with E-state index < -0.39 is 9.84 Å². The summed E-state index contributed by atoms with van der Waals surface area (Å²) in [5, 5.41) is 0.536. The molecule has 4 rings (SSSR count). The topological polar surface area (TPSA) is 66.8 Å². The first-order valence-corrected chi connectivity index (χ1v) is 12.8. The molecule has 28 heavy (non-hydrogen) atoms. The molecule has 2 atom stereocenters. The van der Waals surface area contributed by atoms with Gasteiger partial charge in [0, 0.05) is 20.9 Å². The Morgan fingerprint density at radius 1 is 1.14 bits per heavy atom. The number of sulfone groups is 1. The number of aliphatic imine (C=N–C) groups is 1. The lowest BCUT2D eigenvalue weighted by Crippen LogP contribution is -2.37. The zero-order valence-corrected chi connectivity index (χ0v) is 18.8. The number of aryl methyl sites for hydroxylation is 1. The van der Waals surface area contributed by atoms with Crippen LogP contribution in [-0.4, -0.2) is 42.3 Å². The Labute approximate surface area is 182 Å². The fourth-order valence-electron chi connectivity index (χ4n) is 3.55. The van der Waals surface area contributed by atoms with E-state index in [1.165, 1.54) is 11.8 Å².